The second-order valence-electron chi connectivity index (χ2n) is 3.53. The molecule has 7 heteroatoms. The minimum absolute atomic E-state index is 0.231. The highest BCUT2D eigenvalue weighted by Gasteiger charge is 2.08. The molecule has 1 aromatic carbocycles. The predicted octanol–water partition coefficient (Wildman–Crippen LogP) is 2.82. The number of rotatable bonds is 5. The fraction of sp³-hybridized carbons (Fsp3) is 0.273. The topological polar surface area (TPSA) is 63.0 Å². The highest BCUT2D eigenvalue weighted by molar-refractivity contribution is 9.10. The molecule has 0 aliphatic heterocycles. The second-order valence-corrected chi connectivity index (χ2v) is 4.38. The van der Waals surface area contributed by atoms with E-state index in [2.05, 4.69) is 36.8 Å². The Kier molecular flexibility index (Phi) is 4.27. The zero-order valence-corrected chi connectivity index (χ0v) is 11.3. The van der Waals surface area contributed by atoms with Crippen molar-refractivity contribution in [1.29, 1.82) is 0 Å². The van der Waals surface area contributed by atoms with Crippen molar-refractivity contribution in [2.45, 2.75) is 13.5 Å². The third-order valence-corrected chi connectivity index (χ3v) is 2.85. The number of nitrogens with one attached hydrogen (secondary N) is 2. The van der Waals surface area contributed by atoms with E-state index in [4.69, 9.17) is 4.42 Å². The summed E-state index contributed by atoms with van der Waals surface area (Å²) in [6.07, 6.45) is 0. The lowest BCUT2D eigenvalue weighted by Gasteiger charge is -2.03. The van der Waals surface area contributed by atoms with Gasteiger partial charge in [-0.1, -0.05) is 12.0 Å². The quantitative estimate of drug-likeness (QED) is 0.888. The van der Waals surface area contributed by atoms with E-state index >= 15 is 0 Å². The van der Waals surface area contributed by atoms with E-state index in [1.165, 1.54) is 12.1 Å². The molecule has 0 spiro atoms. The summed E-state index contributed by atoms with van der Waals surface area (Å²) in [6.45, 7) is 3.31. The van der Waals surface area contributed by atoms with Crippen LogP contribution in [0.2, 0.25) is 0 Å². The molecule has 0 saturated heterocycles. The van der Waals surface area contributed by atoms with Crippen LogP contribution in [0.25, 0.3) is 0 Å². The molecular formula is C11H12BrFN4O. The standard InChI is InChI=1S/C11H12BrFN4O/c1-2-14-6-10-16-17-11(18-10)15-9-5-7(13)3-4-8(9)12/h3-5,14H,2,6H2,1H3,(H,15,17). The maximum atomic E-state index is 13.1. The monoisotopic (exact) mass is 314 g/mol. The summed E-state index contributed by atoms with van der Waals surface area (Å²) >= 11 is 3.31. The van der Waals surface area contributed by atoms with Crippen LogP contribution in [-0.2, 0) is 6.54 Å². The summed E-state index contributed by atoms with van der Waals surface area (Å²) in [5.41, 5.74) is 0.536. The van der Waals surface area contributed by atoms with Gasteiger partial charge in [-0.25, -0.2) is 4.39 Å². The molecule has 1 heterocycles. The lowest BCUT2D eigenvalue weighted by atomic mass is 10.3. The lowest BCUT2D eigenvalue weighted by molar-refractivity contribution is 0.484. The van der Waals surface area contributed by atoms with Gasteiger partial charge >= 0.3 is 6.01 Å². The van der Waals surface area contributed by atoms with Crippen molar-refractivity contribution in [3.8, 4) is 0 Å². The Bertz CT molecular complexity index is 532. The SMILES string of the molecule is CCNCc1nnc(Nc2cc(F)ccc2Br)o1. The van der Waals surface area contributed by atoms with Crippen molar-refractivity contribution in [2.24, 2.45) is 0 Å². The van der Waals surface area contributed by atoms with Gasteiger partial charge in [0.25, 0.3) is 0 Å². The van der Waals surface area contributed by atoms with Crippen molar-refractivity contribution in [2.75, 3.05) is 11.9 Å². The third-order valence-electron chi connectivity index (χ3n) is 2.16. The first kappa shape index (κ1) is 13.0. The van der Waals surface area contributed by atoms with Crippen LogP contribution in [0.15, 0.2) is 27.1 Å². The normalized spacial score (nSPS) is 10.6. The number of hydrogen-bond acceptors (Lipinski definition) is 5. The maximum Gasteiger partial charge on any atom is 0.320 e. The van der Waals surface area contributed by atoms with Gasteiger partial charge in [0, 0.05) is 4.47 Å². The summed E-state index contributed by atoms with van der Waals surface area (Å²) in [5, 5.41) is 13.6. The molecule has 0 atom stereocenters. The van der Waals surface area contributed by atoms with Crippen LogP contribution in [0.3, 0.4) is 0 Å². The number of benzene rings is 1. The van der Waals surface area contributed by atoms with Gasteiger partial charge in [-0.2, -0.15) is 0 Å². The molecule has 1 aromatic heterocycles. The molecule has 5 nitrogen and oxygen atoms in total. The van der Waals surface area contributed by atoms with Crippen molar-refractivity contribution >= 4 is 27.6 Å². The third kappa shape index (κ3) is 3.27. The molecule has 2 aromatic rings. The first-order valence-corrected chi connectivity index (χ1v) is 6.23. The van der Waals surface area contributed by atoms with Crippen LogP contribution in [-0.4, -0.2) is 16.7 Å². The van der Waals surface area contributed by atoms with Gasteiger partial charge < -0.3 is 15.1 Å². The Morgan fingerprint density at radius 1 is 1.39 bits per heavy atom. The fourth-order valence-corrected chi connectivity index (χ4v) is 1.66. The molecule has 0 radical (unpaired) electrons. The van der Waals surface area contributed by atoms with E-state index in [1.54, 1.807) is 6.07 Å². The molecule has 0 fully saturated rings. The zero-order valence-electron chi connectivity index (χ0n) is 9.70. The highest BCUT2D eigenvalue weighted by atomic mass is 79.9. The first-order chi connectivity index (χ1) is 8.69. The Hall–Kier alpha value is -1.47. The Labute approximate surface area is 112 Å². The fourth-order valence-electron chi connectivity index (χ4n) is 1.32. The number of nitrogens with zero attached hydrogens (tertiary/aromatic N) is 2. The van der Waals surface area contributed by atoms with E-state index < -0.39 is 0 Å². The molecule has 0 aliphatic carbocycles. The molecule has 0 aliphatic rings. The molecule has 96 valence electrons. The molecule has 2 rings (SSSR count). The molecule has 0 bridgehead atoms. The van der Waals surface area contributed by atoms with Crippen LogP contribution in [0.1, 0.15) is 12.8 Å². The number of hydrogen-bond donors (Lipinski definition) is 2. The number of anilines is 2. The molecule has 0 amide bonds. The van der Waals surface area contributed by atoms with Crippen LogP contribution >= 0.6 is 15.9 Å². The minimum atomic E-state index is -0.340. The van der Waals surface area contributed by atoms with Gasteiger partial charge in [0.15, 0.2) is 0 Å². The molecular weight excluding hydrogens is 303 g/mol. The van der Waals surface area contributed by atoms with Gasteiger partial charge in [-0.05, 0) is 40.7 Å². The van der Waals surface area contributed by atoms with Gasteiger partial charge in [0.05, 0.1) is 12.2 Å². The van der Waals surface area contributed by atoms with Crippen LogP contribution in [0.5, 0.6) is 0 Å². The molecule has 18 heavy (non-hydrogen) atoms. The zero-order chi connectivity index (χ0) is 13.0. The van der Waals surface area contributed by atoms with E-state index in [0.717, 1.165) is 11.0 Å². The van der Waals surface area contributed by atoms with Crippen molar-refractivity contribution < 1.29 is 8.81 Å². The van der Waals surface area contributed by atoms with Gasteiger partial charge in [0.2, 0.25) is 5.89 Å². The maximum absolute atomic E-state index is 13.1. The van der Waals surface area contributed by atoms with E-state index in [9.17, 15) is 4.39 Å². The van der Waals surface area contributed by atoms with Crippen molar-refractivity contribution in [3.05, 3.63) is 34.4 Å². The predicted molar refractivity (Wildman–Crippen MR) is 69.1 cm³/mol. The Morgan fingerprint density at radius 2 is 2.22 bits per heavy atom. The smallest absolute Gasteiger partial charge is 0.320 e. The lowest BCUT2D eigenvalue weighted by Crippen LogP contribution is -2.11. The summed E-state index contributed by atoms with van der Waals surface area (Å²) < 4.78 is 19.1. The van der Waals surface area contributed by atoms with E-state index in [-0.39, 0.29) is 11.8 Å². The minimum Gasteiger partial charge on any atom is -0.406 e. The Balaban J connectivity index is 2.08. The van der Waals surface area contributed by atoms with Gasteiger partial charge in [0.1, 0.15) is 5.82 Å². The summed E-state index contributed by atoms with van der Waals surface area (Å²) in [5.74, 6) is 0.139. The van der Waals surface area contributed by atoms with Crippen LogP contribution in [0.4, 0.5) is 16.1 Å². The molecule has 2 N–H and O–H groups in total. The first-order valence-electron chi connectivity index (χ1n) is 5.44. The largest absolute Gasteiger partial charge is 0.406 e. The highest BCUT2D eigenvalue weighted by Crippen LogP contribution is 2.25. The number of halogens is 2. The number of aromatic nitrogens is 2. The van der Waals surface area contributed by atoms with E-state index in [0.29, 0.717) is 18.1 Å². The average molecular weight is 315 g/mol. The summed E-state index contributed by atoms with van der Waals surface area (Å²) in [6, 6.07) is 4.54. The summed E-state index contributed by atoms with van der Waals surface area (Å²) in [7, 11) is 0. The van der Waals surface area contributed by atoms with Crippen molar-refractivity contribution in [3.63, 3.8) is 0 Å². The van der Waals surface area contributed by atoms with Crippen molar-refractivity contribution in [1.82, 2.24) is 15.5 Å². The second kappa shape index (κ2) is 5.92. The van der Waals surface area contributed by atoms with Crippen LogP contribution in [0, 0.1) is 5.82 Å². The Morgan fingerprint density at radius 3 is 3.00 bits per heavy atom. The van der Waals surface area contributed by atoms with Crippen LogP contribution < -0.4 is 10.6 Å². The molecule has 0 saturated carbocycles. The summed E-state index contributed by atoms with van der Waals surface area (Å²) in [4.78, 5) is 0. The average Bonchev–Trinajstić information content (AvgIpc) is 2.79. The van der Waals surface area contributed by atoms with Gasteiger partial charge in [-0.3, -0.25) is 0 Å². The van der Waals surface area contributed by atoms with E-state index in [1.807, 2.05) is 6.92 Å². The van der Waals surface area contributed by atoms with Gasteiger partial charge in [-0.15, -0.1) is 5.10 Å². The molecule has 0 unspecified atom stereocenters.